The second-order valence-electron chi connectivity index (χ2n) is 2.82. The Morgan fingerprint density at radius 1 is 1.38 bits per heavy atom. The Balaban J connectivity index is 3.37. The molecule has 8 heteroatoms. The van der Waals surface area contributed by atoms with Crippen molar-refractivity contribution in [3.8, 4) is 5.75 Å². The van der Waals surface area contributed by atoms with Crippen molar-refractivity contribution in [1.29, 1.82) is 0 Å². The van der Waals surface area contributed by atoms with E-state index in [-0.39, 0.29) is 0 Å². The van der Waals surface area contributed by atoms with Crippen LogP contribution >= 0.6 is 11.6 Å². The summed E-state index contributed by atoms with van der Waals surface area (Å²) < 4.78 is 61.4. The van der Waals surface area contributed by atoms with Gasteiger partial charge in [-0.05, 0) is 6.07 Å². The summed E-state index contributed by atoms with van der Waals surface area (Å²) in [5.74, 6) is -1.93. The van der Waals surface area contributed by atoms with E-state index in [9.17, 15) is 22.0 Å². The summed E-state index contributed by atoms with van der Waals surface area (Å²) in [5.41, 5.74) is -3.02. The normalized spacial score (nSPS) is 12.2. The molecular formula is C8H5ClF5NO. The highest BCUT2D eigenvalue weighted by atomic mass is 35.5. The number of pyridine rings is 1. The van der Waals surface area contributed by atoms with Gasteiger partial charge in [0, 0.05) is 5.56 Å². The largest absolute Gasteiger partial charge is 0.506 e. The van der Waals surface area contributed by atoms with Gasteiger partial charge in [-0.15, -0.1) is 11.6 Å². The molecule has 1 heterocycles. The molecule has 0 saturated carbocycles. The van der Waals surface area contributed by atoms with Crippen LogP contribution in [0.2, 0.25) is 0 Å². The van der Waals surface area contributed by atoms with Crippen LogP contribution in [0.15, 0.2) is 6.07 Å². The molecule has 0 bridgehead atoms. The fourth-order valence-corrected chi connectivity index (χ4v) is 1.27. The number of nitrogens with zero attached hydrogens (tertiary/aromatic N) is 1. The van der Waals surface area contributed by atoms with E-state index in [2.05, 4.69) is 4.98 Å². The standard InChI is InChI=1S/C8H5ClF5NO/c9-2-4-3(7(10)11)1-5(16)6(15-4)8(12,13)14/h1,7,16H,2H2. The van der Waals surface area contributed by atoms with Crippen LogP contribution in [0.3, 0.4) is 0 Å². The summed E-state index contributed by atoms with van der Waals surface area (Å²) >= 11 is 5.21. The number of halogens is 6. The second-order valence-corrected chi connectivity index (χ2v) is 3.09. The van der Waals surface area contributed by atoms with Gasteiger partial charge in [0.25, 0.3) is 6.43 Å². The average molecular weight is 262 g/mol. The molecule has 0 fully saturated rings. The molecule has 0 radical (unpaired) electrons. The predicted molar refractivity (Wildman–Crippen MR) is 45.4 cm³/mol. The topological polar surface area (TPSA) is 33.1 Å². The molecule has 0 unspecified atom stereocenters. The van der Waals surface area contributed by atoms with Crippen LogP contribution in [0.1, 0.15) is 23.4 Å². The van der Waals surface area contributed by atoms with E-state index >= 15 is 0 Å². The van der Waals surface area contributed by atoms with Crippen LogP contribution in [0.5, 0.6) is 5.75 Å². The lowest BCUT2D eigenvalue weighted by atomic mass is 10.1. The molecule has 1 N–H and O–H groups in total. The molecule has 0 amide bonds. The maximum atomic E-state index is 12.3. The smallest absolute Gasteiger partial charge is 0.437 e. The lowest BCUT2D eigenvalue weighted by molar-refractivity contribution is -0.142. The van der Waals surface area contributed by atoms with Gasteiger partial charge >= 0.3 is 6.18 Å². The average Bonchev–Trinajstić information content (AvgIpc) is 2.15. The van der Waals surface area contributed by atoms with Crippen molar-refractivity contribution >= 4 is 11.6 Å². The van der Waals surface area contributed by atoms with Gasteiger partial charge in [-0.1, -0.05) is 0 Å². The minimum absolute atomic E-state index is 0.332. The third-order valence-electron chi connectivity index (χ3n) is 1.75. The van der Waals surface area contributed by atoms with Crippen LogP contribution < -0.4 is 0 Å². The summed E-state index contributed by atoms with van der Waals surface area (Å²) in [7, 11) is 0. The second kappa shape index (κ2) is 4.40. The quantitative estimate of drug-likeness (QED) is 0.653. The number of alkyl halides is 6. The Hall–Kier alpha value is -1.11. The van der Waals surface area contributed by atoms with Gasteiger partial charge in [-0.3, -0.25) is 0 Å². The molecule has 0 aliphatic heterocycles. The fourth-order valence-electron chi connectivity index (χ4n) is 1.06. The highest BCUT2D eigenvalue weighted by Gasteiger charge is 2.37. The van der Waals surface area contributed by atoms with Crippen molar-refractivity contribution in [2.24, 2.45) is 0 Å². The van der Waals surface area contributed by atoms with Gasteiger partial charge in [0.2, 0.25) is 0 Å². The van der Waals surface area contributed by atoms with Crippen molar-refractivity contribution in [2.45, 2.75) is 18.5 Å². The SMILES string of the molecule is Oc1cc(C(F)F)c(CCl)nc1C(F)(F)F. The zero-order chi connectivity index (χ0) is 12.5. The molecule has 0 atom stereocenters. The van der Waals surface area contributed by atoms with E-state index in [1.54, 1.807) is 0 Å². The minimum Gasteiger partial charge on any atom is -0.506 e. The van der Waals surface area contributed by atoms with E-state index in [1.165, 1.54) is 0 Å². The molecular weight excluding hydrogens is 257 g/mol. The van der Waals surface area contributed by atoms with Crippen molar-refractivity contribution in [3.05, 3.63) is 23.0 Å². The first-order valence-electron chi connectivity index (χ1n) is 3.91. The summed E-state index contributed by atoms with van der Waals surface area (Å²) in [6, 6.07) is 0.332. The number of aromatic hydroxyl groups is 1. The van der Waals surface area contributed by atoms with Gasteiger partial charge in [0.15, 0.2) is 5.69 Å². The zero-order valence-corrected chi connectivity index (χ0v) is 8.28. The Labute approximate surface area is 91.7 Å². The van der Waals surface area contributed by atoms with Crippen LogP contribution in [0.4, 0.5) is 22.0 Å². The minimum atomic E-state index is -4.91. The molecule has 0 aliphatic rings. The highest BCUT2D eigenvalue weighted by molar-refractivity contribution is 6.17. The molecule has 0 aliphatic carbocycles. The van der Waals surface area contributed by atoms with E-state index in [1.807, 2.05) is 0 Å². The first-order valence-corrected chi connectivity index (χ1v) is 4.45. The molecule has 90 valence electrons. The van der Waals surface area contributed by atoms with Crippen LogP contribution in [0.25, 0.3) is 0 Å². The van der Waals surface area contributed by atoms with Crippen molar-refractivity contribution in [1.82, 2.24) is 4.98 Å². The van der Waals surface area contributed by atoms with Crippen molar-refractivity contribution in [3.63, 3.8) is 0 Å². The van der Waals surface area contributed by atoms with Crippen LogP contribution in [0, 0.1) is 0 Å². The van der Waals surface area contributed by atoms with E-state index in [4.69, 9.17) is 16.7 Å². The molecule has 16 heavy (non-hydrogen) atoms. The third-order valence-corrected chi connectivity index (χ3v) is 2.00. The van der Waals surface area contributed by atoms with Gasteiger partial charge in [-0.25, -0.2) is 13.8 Å². The molecule has 2 nitrogen and oxygen atoms in total. The predicted octanol–water partition coefficient (Wildman–Crippen LogP) is 3.48. The summed E-state index contributed by atoms with van der Waals surface area (Å²) in [6.07, 6.45) is -7.96. The molecule has 1 rings (SSSR count). The van der Waals surface area contributed by atoms with Gasteiger partial charge < -0.3 is 5.11 Å². The first kappa shape index (κ1) is 13.0. The number of rotatable bonds is 2. The Kier molecular flexibility index (Phi) is 3.57. The summed E-state index contributed by atoms with van der Waals surface area (Å²) in [4.78, 5) is 2.90. The first-order chi connectivity index (χ1) is 7.27. The molecule has 1 aromatic rings. The molecule has 0 aromatic carbocycles. The summed E-state index contributed by atoms with van der Waals surface area (Å²) in [6.45, 7) is 0. The van der Waals surface area contributed by atoms with Crippen molar-refractivity contribution in [2.75, 3.05) is 0 Å². The maximum absolute atomic E-state index is 12.3. The number of hydrogen-bond acceptors (Lipinski definition) is 2. The van der Waals surface area contributed by atoms with Gasteiger partial charge in [0.05, 0.1) is 11.6 Å². The van der Waals surface area contributed by atoms with Crippen LogP contribution in [-0.4, -0.2) is 10.1 Å². The van der Waals surface area contributed by atoms with Gasteiger partial charge in [-0.2, -0.15) is 13.2 Å². The number of aromatic nitrogens is 1. The molecule has 0 spiro atoms. The Morgan fingerprint density at radius 2 is 1.94 bits per heavy atom. The monoisotopic (exact) mass is 261 g/mol. The maximum Gasteiger partial charge on any atom is 0.437 e. The van der Waals surface area contributed by atoms with Crippen molar-refractivity contribution < 1.29 is 27.1 Å². The highest BCUT2D eigenvalue weighted by Crippen LogP contribution is 2.37. The molecule has 1 aromatic heterocycles. The summed E-state index contributed by atoms with van der Waals surface area (Å²) in [5, 5.41) is 8.94. The van der Waals surface area contributed by atoms with E-state index < -0.39 is 41.2 Å². The number of hydrogen-bond donors (Lipinski definition) is 1. The van der Waals surface area contributed by atoms with E-state index in [0.29, 0.717) is 6.07 Å². The fraction of sp³-hybridized carbons (Fsp3) is 0.375. The Bertz CT molecular complexity index is 393. The zero-order valence-electron chi connectivity index (χ0n) is 7.52. The third kappa shape index (κ3) is 2.52. The Morgan fingerprint density at radius 3 is 2.31 bits per heavy atom. The van der Waals surface area contributed by atoms with Crippen LogP contribution in [-0.2, 0) is 12.1 Å². The molecule has 0 saturated heterocycles. The van der Waals surface area contributed by atoms with E-state index in [0.717, 1.165) is 0 Å². The lowest BCUT2D eigenvalue weighted by Crippen LogP contribution is -2.11. The lowest BCUT2D eigenvalue weighted by Gasteiger charge is -2.12. The van der Waals surface area contributed by atoms with Gasteiger partial charge in [0.1, 0.15) is 5.75 Å².